The lowest BCUT2D eigenvalue weighted by molar-refractivity contribution is 0.0250. The lowest BCUT2D eigenvalue weighted by atomic mass is 9.94. The van der Waals surface area contributed by atoms with Crippen LogP contribution in [0.2, 0.25) is 0 Å². The Balaban J connectivity index is 1.85. The van der Waals surface area contributed by atoms with Gasteiger partial charge in [-0.05, 0) is 43.9 Å². The number of benzene rings is 1. The number of rotatable bonds is 6. The third-order valence-corrected chi connectivity index (χ3v) is 3.88. The molecule has 1 saturated heterocycles. The summed E-state index contributed by atoms with van der Waals surface area (Å²) in [6.07, 6.45) is 0.822. The van der Waals surface area contributed by atoms with Gasteiger partial charge in [0.25, 0.3) is 0 Å². The van der Waals surface area contributed by atoms with Crippen LogP contribution in [0.5, 0.6) is 0 Å². The van der Waals surface area contributed by atoms with Crippen LogP contribution in [0.25, 0.3) is 0 Å². The molecular formula is C16H25NO2. The standard InChI is InChI=1S/C16H25NO2/c1-3-19-12-15(18)11-17-9-8-14(10-17)16-7-5-4-6-13(16)2/h4-7,14-15,18H,3,8-12H2,1-2H3/t14-,15+/m0/s1. The molecule has 1 heterocycles. The summed E-state index contributed by atoms with van der Waals surface area (Å²) >= 11 is 0. The Morgan fingerprint density at radius 3 is 2.95 bits per heavy atom. The molecule has 1 aromatic rings. The fourth-order valence-electron chi connectivity index (χ4n) is 2.90. The highest BCUT2D eigenvalue weighted by atomic mass is 16.5. The molecule has 1 fully saturated rings. The zero-order chi connectivity index (χ0) is 13.7. The van der Waals surface area contributed by atoms with Gasteiger partial charge in [0, 0.05) is 19.7 Å². The second-order valence-electron chi connectivity index (χ2n) is 5.42. The number of aliphatic hydroxyl groups excluding tert-OH is 1. The minimum atomic E-state index is -0.365. The molecule has 3 nitrogen and oxygen atoms in total. The van der Waals surface area contributed by atoms with Gasteiger partial charge in [0.1, 0.15) is 0 Å². The number of likely N-dealkylation sites (tertiary alicyclic amines) is 1. The fraction of sp³-hybridized carbons (Fsp3) is 0.625. The van der Waals surface area contributed by atoms with Gasteiger partial charge in [-0.25, -0.2) is 0 Å². The number of aliphatic hydroxyl groups is 1. The molecule has 2 atom stereocenters. The maximum Gasteiger partial charge on any atom is 0.0900 e. The number of β-amino-alcohol motifs (C(OH)–C–C–N with tert-alkyl or cyclic N) is 1. The van der Waals surface area contributed by atoms with E-state index in [1.807, 2.05) is 6.92 Å². The van der Waals surface area contributed by atoms with E-state index in [1.165, 1.54) is 17.5 Å². The summed E-state index contributed by atoms with van der Waals surface area (Å²) in [5.41, 5.74) is 2.84. The lowest BCUT2D eigenvalue weighted by Gasteiger charge is -2.20. The van der Waals surface area contributed by atoms with Crippen LogP contribution in [0.15, 0.2) is 24.3 Å². The third kappa shape index (κ3) is 4.03. The Morgan fingerprint density at radius 1 is 1.42 bits per heavy atom. The summed E-state index contributed by atoms with van der Waals surface area (Å²) in [7, 11) is 0. The van der Waals surface area contributed by atoms with Gasteiger partial charge < -0.3 is 14.7 Å². The molecule has 1 N–H and O–H groups in total. The highest BCUT2D eigenvalue weighted by molar-refractivity contribution is 5.30. The predicted molar refractivity (Wildman–Crippen MR) is 77.5 cm³/mol. The molecule has 0 aromatic heterocycles. The first-order chi connectivity index (χ1) is 9.20. The zero-order valence-corrected chi connectivity index (χ0v) is 12.0. The fourth-order valence-corrected chi connectivity index (χ4v) is 2.90. The lowest BCUT2D eigenvalue weighted by Crippen LogP contribution is -2.33. The van der Waals surface area contributed by atoms with E-state index in [-0.39, 0.29) is 6.10 Å². The largest absolute Gasteiger partial charge is 0.389 e. The Bertz CT molecular complexity index is 394. The molecule has 1 aliphatic heterocycles. The van der Waals surface area contributed by atoms with Gasteiger partial charge in [0.15, 0.2) is 0 Å². The molecular weight excluding hydrogens is 238 g/mol. The Kier molecular flexibility index (Phi) is 5.37. The van der Waals surface area contributed by atoms with E-state index >= 15 is 0 Å². The number of hydrogen-bond acceptors (Lipinski definition) is 3. The Morgan fingerprint density at radius 2 is 2.21 bits per heavy atom. The summed E-state index contributed by atoms with van der Waals surface area (Å²) in [5.74, 6) is 0.612. The molecule has 19 heavy (non-hydrogen) atoms. The van der Waals surface area contributed by atoms with Crippen molar-refractivity contribution in [1.82, 2.24) is 4.90 Å². The van der Waals surface area contributed by atoms with Crippen molar-refractivity contribution in [3.8, 4) is 0 Å². The molecule has 0 unspecified atom stereocenters. The van der Waals surface area contributed by atoms with Crippen LogP contribution >= 0.6 is 0 Å². The van der Waals surface area contributed by atoms with Crippen LogP contribution in [0, 0.1) is 6.92 Å². The van der Waals surface area contributed by atoms with Crippen LogP contribution in [0.1, 0.15) is 30.4 Å². The first kappa shape index (κ1) is 14.5. The molecule has 3 heteroatoms. The van der Waals surface area contributed by atoms with Crippen LogP contribution in [-0.2, 0) is 4.74 Å². The molecule has 0 aliphatic carbocycles. The van der Waals surface area contributed by atoms with E-state index < -0.39 is 0 Å². The molecule has 2 rings (SSSR count). The van der Waals surface area contributed by atoms with E-state index in [0.29, 0.717) is 19.1 Å². The molecule has 1 aromatic carbocycles. The smallest absolute Gasteiger partial charge is 0.0900 e. The molecule has 0 radical (unpaired) electrons. The van der Waals surface area contributed by atoms with Gasteiger partial charge in [-0.2, -0.15) is 0 Å². The maximum atomic E-state index is 9.89. The van der Waals surface area contributed by atoms with E-state index in [1.54, 1.807) is 0 Å². The summed E-state index contributed by atoms with van der Waals surface area (Å²) in [6.45, 7) is 8.10. The number of hydrogen-bond donors (Lipinski definition) is 1. The van der Waals surface area contributed by atoms with Crippen LogP contribution in [-0.4, -0.2) is 49.0 Å². The molecule has 0 saturated carbocycles. The van der Waals surface area contributed by atoms with Crippen molar-refractivity contribution in [3.05, 3.63) is 35.4 Å². The van der Waals surface area contributed by atoms with Crippen LogP contribution in [0.3, 0.4) is 0 Å². The predicted octanol–water partition coefficient (Wildman–Crippen LogP) is 2.18. The van der Waals surface area contributed by atoms with Crippen LogP contribution in [0.4, 0.5) is 0 Å². The quantitative estimate of drug-likeness (QED) is 0.854. The second-order valence-corrected chi connectivity index (χ2v) is 5.42. The minimum Gasteiger partial charge on any atom is -0.389 e. The van der Waals surface area contributed by atoms with Gasteiger partial charge in [0.2, 0.25) is 0 Å². The first-order valence-electron chi connectivity index (χ1n) is 7.24. The first-order valence-corrected chi connectivity index (χ1v) is 7.24. The normalized spacial score (nSPS) is 21.7. The molecule has 0 amide bonds. The second kappa shape index (κ2) is 7.04. The van der Waals surface area contributed by atoms with Crippen molar-refractivity contribution in [2.75, 3.05) is 32.8 Å². The van der Waals surface area contributed by atoms with Gasteiger partial charge >= 0.3 is 0 Å². The molecule has 0 spiro atoms. The van der Waals surface area contributed by atoms with E-state index in [0.717, 1.165) is 19.6 Å². The monoisotopic (exact) mass is 263 g/mol. The number of nitrogens with zero attached hydrogens (tertiary/aromatic N) is 1. The van der Waals surface area contributed by atoms with Crippen molar-refractivity contribution in [2.24, 2.45) is 0 Å². The highest BCUT2D eigenvalue weighted by Crippen LogP contribution is 2.29. The van der Waals surface area contributed by atoms with Gasteiger partial charge in [-0.3, -0.25) is 0 Å². The van der Waals surface area contributed by atoms with Crippen molar-refractivity contribution >= 4 is 0 Å². The number of aryl methyl sites for hydroxylation is 1. The van der Waals surface area contributed by atoms with E-state index in [9.17, 15) is 5.11 Å². The highest BCUT2D eigenvalue weighted by Gasteiger charge is 2.25. The Hall–Kier alpha value is -0.900. The molecule has 1 aliphatic rings. The molecule has 106 valence electrons. The van der Waals surface area contributed by atoms with Crippen molar-refractivity contribution in [2.45, 2.75) is 32.3 Å². The zero-order valence-electron chi connectivity index (χ0n) is 12.0. The van der Waals surface area contributed by atoms with Gasteiger partial charge in [-0.15, -0.1) is 0 Å². The van der Waals surface area contributed by atoms with E-state index in [4.69, 9.17) is 4.74 Å². The van der Waals surface area contributed by atoms with Crippen molar-refractivity contribution in [3.63, 3.8) is 0 Å². The Labute approximate surface area is 116 Å². The van der Waals surface area contributed by atoms with Gasteiger partial charge in [-0.1, -0.05) is 24.3 Å². The SMILES string of the molecule is CCOC[C@H](O)CN1CC[C@H](c2ccccc2C)C1. The summed E-state index contributed by atoms with van der Waals surface area (Å²) < 4.78 is 5.26. The summed E-state index contributed by atoms with van der Waals surface area (Å²) in [6, 6.07) is 8.63. The third-order valence-electron chi connectivity index (χ3n) is 3.88. The average Bonchev–Trinajstić information content (AvgIpc) is 2.85. The van der Waals surface area contributed by atoms with E-state index in [2.05, 4.69) is 36.1 Å². The topological polar surface area (TPSA) is 32.7 Å². The average molecular weight is 263 g/mol. The summed E-state index contributed by atoms with van der Waals surface area (Å²) in [4.78, 5) is 2.35. The minimum absolute atomic E-state index is 0.365. The molecule has 0 bridgehead atoms. The maximum absolute atomic E-state index is 9.89. The van der Waals surface area contributed by atoms with Crippen molar-refractivity contribution in [1.29, 1.82) is 0 Å². The van der Waals surface area contributed by atoms with Crippen LogP contribution < -0.4 is 0 Å². The van der Waals surface area contributed by atoms with Crippen molar-refractivity contribution < 1.29 is 9.84 Å². The summed E-state index contributed by atoms with van der Waals surface area (Å²) in [5, 5.41) is 9.89. The number of ether oxygens (including phenoxy) is 1. The van der Waals surface area contributed by atoms with Gasteiger partial charge in [0.05, 0.1) is 12.7 Å².